The molecule has 0 radical (unpaired) electrons. The summed E-state index contributed by atoms with van der Waals surface area (Å²) in [5.41, 5.74) is 0.161. The summed E-state index contributed by atoms with van der Waals surface area (Å²) in [6.07, 6.45) is -2.26. The molecule has 278 valence electrons. The summed E-state index contributed by atoms with van der Waals surface area (Å²) in [4.78, 5) is 12.6. The summed E-state index contributed by atoms with van der Waals surface area (Å²) in [5.74, 6) is -3.12. The number of esters is 1. The zero-order chi connectivity index (χ0) is 36.1. The first-order valence-electron chi connectivity index (χ1n) is 18.2. The van der Waals surface area contributed by atoms with Crippen molar-refractivity contribution < 1.29 is 46.5 Å². The number of carbonyl (C=O) groups is 1. The minimum Gasteiger partial charge on any atom is -0.462 e. The van der Waals surface area contributed by atoms with Gasteiger partial charge >= 0.3 is 19.9 Å². The fourth-order valence-electron chi connectivity index (χ4n) is 10.7. The Morgan fingerprint density at radius 1 is 0.980 bits per heavy atom. The molecule has 0 aromatic heterocycles. The van der Waals surface area contributed by atoms with E-state index >= 15 is 0 Å². The van der Waals surface area contributed by atoms with E-state index in [0.717, 1.165) is 31.2 Å². The van der Waals surface area contributed by atoms with Crippen molar-refractivity contribution in [2.45, 2.75) is 130 Å². The third-order valence-electron chi connectivity index (χ3n) is 13.0. The lowest BCUT2D eigenvalue weighted by molar-refractivity contribution is -0.289. The standard InChI is InChI=1S/C37H57F3NO7P/c1-21(2)47-34(44)24(5)41-49(45,48-26-10-8-22(3)9-11-26)46-19-16-23(4)27-12-13-28-31-29(15-18-35(27,28)6)36(7)17-14-25(42)20-30(36)32(33(31)43)37(38,39)40/h8-11,21,23-25,27-33,42-43H,12-20H2,1-7H3,(H,41,45)/t23-,24+,25-,27-,28?,29?,30?,31?,32-,33?,35-,36-,49+/m1/s1. The second kappa shape index (κ2) is 14.4. The average Bonchev–Trinajstić information content (AvgIpc) is 3.35. The average molecular weight is 716 g/mol. The molecule has 0 spiro atoms. The Morgan fingerprint density at radius 3 is 2.24 bits per heavy atom. The normalized spacial score (nSPS) is 38.5. The van der Waals surface area contributed by atoms with Crippen molar-refractivity contribution in [3.05, 3.63) is 29.8 Å². The summed E-state index contributed by atoms with van der Waals surface area (Å²) >= 11 is 0. The first-order valence-corrected chi connectivity index (χ1v) is 19.8. The van der Waals surface area contributed by atoms with Gasteiger partial charge in [-0.2, -0.15) is 18.3 Å². The third-order valence-corrected chi connectivity index (χ3v) is 14.7. The topological polar surface area (TPSA) is 114 Å². The van der Waals surface area contributed by atoms with Crippen LogP contribution in [0.3, 0.4) is 0 Å². The summed E-state index contributed by atoms with van der Waals surface area (Å²) in [6.45, 7) is 13.3. The van der Waals surface area contributed by atoms with Crippen LogP contribution in [-0.2, 0) is 18.6 Å². The van der Waals surface area contributed by atoms with Gasteiger partial charge in [-0.3, -0.25) is 9.32 Å². The van der Waals surface area contributed by atoms with Gasteiger partial charge in [-0.05, 0) is 138 Å². The molecule has 0 bridgehead atoms. The number of hydrogen-bond donors (Lipinski definition) is 3. The van der Waals surface area contributed by atoms with Crippen molar-refractivity contribution in [1.82, 2.24) is 5.09 Å². The van der Waals surface area contributed by atoms with Crippen LogP contribution in [0.2, 0.25) is 0 Å². The number of ether oxygens (including phenoxy) is 1. The molecule has 8 nitrogen and oxygen atoms in total. The summed E-state index contributed by atoms with van der Waals surface area (Å²) in [7, 11) is -4.03. The molecule has 4 aliphatic rings. The van der Waals surface area contributed by atoms with Crippen LogP contribution in [-0.4, -0.2) is 53.3 Å². The van der Waals surface area contributed by atoms with E-state index in [4.69, 9.17) is 13.8 Å². The zero-order valence-corrected chi connectivity index (χ0v) is 30.9. The summed E-state index contributed by atoms with van der Waals surface area (Å²) < 4.78 is 75.3. The van der Waals surface area contributed by atoms with Crippen molar-refractivity contribution in [2.75, 3.05) is 6.61 Å². The molecule has 4 saturated carbocycles. The molecule has 49 heavy (non-hydrogen) atoms. The molecule has 0 amide bonds. The number of benzene rings is 1. The lowest BCUT2D eigenvalue weighted by atomic mass is 9.41. The van der Waals surface area contributed by atoms with Gasteiger partial charge in [0, 0.05) is 0 Å². The third kappa shape index (κ3) is 7.77. The maximum Gasteiger partial charge on any atom is 0.459 e. The van der Waals surface area contributed by atoms with Crippen LogP contribution in [0.15, 0.2) is 24.3 Å². The monoisotopic (exact) mass is 715 g/mol. The van der Waals surface area contributed by atoms with E-state index in [2.05, 4.69) is 18.9 Å². The van der Waals surface area contributed by atoms with Crippen LogP contribution in [0.4, 0.5) is 13.2 Å². The van der Waals surface area contributed by atoms with Crippen LogP contribution in [0.1, 0.15) is 98.5 Å². The van der Waals surface area contributed by atoms with Gasteiger partial charge in [0.25, 0.3) is 0 Å². The Balaban J connectivity index is 1.30. The molecule has 5 rings (SSSR count). The molecule has 1 aromatic rings. The molecule has 4 fully saturated rings. The van der Waals surface area contributed by atoms with Gasteiger partial charge in [0.2, 0.25) is 0 Å². The Hall–Kier alpha value is -1.65. The van der Waals surface area contributed by atoms with E-state index in [0.29, 0.717) is 25.0 Å². The molecule has 0 heterocycles. The SMILES string of the molecule is Cc1ccc(O[P@](=O)(N[C@@H](C)C(=O)OC(C)C)OCC[C@@H](C)[C@H]2CCC3C4C(O)[C@H](C(F)(F)F)C5C[C@H](O)CC[C@]5(C)C4CC[C@@]32C)cc1. The van der Waals surface area contributed by atoms with Gasteiger partial charge in [0.15, 0.2) is 0 Å². The number of nitrogens with one attached hydrogen (secondary N) is 1. The predicted octanol–water partition coefficient (Wildman–Crippen LogP) is 8.23. The zero-order valence-electron chi connectivity index (χ0n) is 30.0. The van der Waals surface area contributed by atoms with E-state index < -0.39 is 61.3 Å². The highest BCUT2D eigenvalue weighted by Gasteiger charge is 2.69. The van der Waals surface area contributed by atoms with Crippen molar-refractivity contribution in [3.8, 4) is 5.75 Å². The number of rotatable bonds is 11. The van der Waals surface area contributed by atoms with E-state index in [1.54, 1.807) is 32.9 Å². The number of aliphatic hydroxyl groups excluding tert-OH is 2. The smallest absolute Gasteiger partial charge is 0.459 e. The Bertz CT molecular complexity index is 1360. The van der Waals surface area contributed by atoms with Crippen molar-refractivity contribution >= 4 is 13.7 Å². The van der Waals surface area contributed by atoms with Gasteiger partial charge in [-0.25, -0.2) is 4.57 Å². The van der Waals surface area contributed by atoms with E-state index in [1.807, 2.05) is 26.0 Å². The van der Waals surface area contributed by atoms with E-state index in [1.165, 1.54) is 0 Å². The van der Waals surface area contributed by atoms with Crippen molar-refractivity contribution in [3.63, 3.8) is 0 Å². The first kappa shape index (κ1) is 38.6. The van der Waals surface area contributed by atoms with Gasteiger partial charge in [0.05, 0.1) is 30.8 Å². The van der Waals surface area contributed by atoms with Crippen LogP contribution in [0, 0.1) is 59.2 Å². The Labute approximate surface area is 289 Å². The number of hydrogen-bond acceptors (Lipinski definition) is 7. The lowest BCUT2D eigenvalue weighted by Crippen LogP contribution is -2.64. The Kier molecular flexibility index (Phi) is 11.3. The number of alkyl halides is 3. The fraction of sp³-hybridized carbons (Fsp3) is 0.811. The maximum absolute atomic E-state index is 14.7. The molecule has 1 aromatic carbocycles. The first-order chi connectivity index (χ1) is 22.8. The predicted molar refractivity (Wildman–Crippen MR) is 181 cm³/mol. The molecular formula is C37H57F3NO7P. The lowest BCUT2D eigenvalue weighted by Gasteiger charge is -2.64. The van der Waals surface area contributed by atoms with Crippen LogP contribution >= 0.6 is 7.75 Å². The second-order valence-corrected chi connectivity index (χ2v) is 18.1. The van der Waals surface area contributed by atoms with Crippen LogP contribution in [0.25, 0.3) is 0 Å². The maximum atomic E-state index is 14.7. The molecule has 12 heteroatoms. The van der Waals surface area contributed by atoms with Crippen molar-refractivity contribution in [2.24, 2.45) is 52.3 Å². The van der Waals surface area contributed by atoms with Gasteiger partial charge in [-0.15, -0.1) is 0 Å². The quantitative estimate of drug-likeness (QED) is 0.155. The molecule has 4 aliphatic carbocycles. The highest BCUT2D eigenvalue weighted by atomic mass is 31.2. The second-order valence-electron chi connectivity index (χ2n) is 16.5. The van der Waals surface area contributed by atoms with Gasteiger partial charge in [-0.1, -0.05) is 38.5 Å². The van der Waals surface area contributed by atoms with E-state index in [-0.39, 0.29) is 48.2 Å². The molecule has 0 aliphatic heterocycles. The minimum absolute atomic E-state index is 0.0192. The molecule has 5 unspecified atom stereocenters. The number of aliphatic hydroxyl groups is 2. The Morgan fingerprint density at radius 2 is 1.61 bits per heavy atom. The van der Waals surface area contributed by atoms with Gasteiger partial charge < -0.3 is 19.5 Å². The molecule has 3 N–H and O–H groups in total. The highest BCUT2D eigenvalue weighted by Crippen LogP contribution is 2.70. The largest absolute Gasteiger partial charge is 0.462 e. The molecule has 0 saturated heterocycles. The van der Waals surface area contributed by atoms with Crippen molar-refractivity contribution in [1.29, 1.82) is 0 Å². The minimum atomic E-state index is -4.55. The van der Waals surface area contributed by atoms with E-state index in [9.17, 15) is 32.7 Å². The number of aryl methyl sites for hydroxylation is 1. The summed E-state index contributed by atoms with van der Waals surface area (Å²) in [5, 5.41) is 24.8. The number of carbonyl (C=O) groups excluding carboxylic acids is 1. The fourth-order valence-corrected chi connectivity index (χ4v) is 12.2. The van der Waals surface area contributed by atoms with Crippen LogP contribution < -0.4 is 9.61 Å². The number of fused-ring (bicyclic) bond motifs is 5. The molecule has 13 atom stereocenters. The number of halogens is 3. The highest BCUT2D eigenvalue weighted by molar-refractivity contribution is 7.52. The van der Waals surface area contributed by atoms with Crippen LogP contribution in [0.5, 0.6) is 5.75 Å². The summed E-state index contributed by atoms with van der Waals surface area (Å²) in [6, 6.07) is 6.05. The van der Waals surface area contributed by atoms with Gasteiger partial charge in [0.1, 0.15) is 11.8 Å². The molecular weight excluding hydrogens is 658 g/mol.